The van der Waals surface area contributed by atoms with Crippen molar-refractivity contribution in [3.63, 3.8) is 0 Å². The molecule has 3 aromatic rings. The smallest absolute Gasteiger partial charge is 0.369 e. The highest BCUT2D eigenvalue weighted by Gasteiger charge is 2.30. The third-order valence-electron chi connectivity index (χ3n) is 3.88. The number of fused-ring (bicyclic) bond motifs is 1. The van der Waals surface area contributed by atoms with Gasteiger partial charge in [-0.2, -0.15) is 29.6 Å². The van der Waals surface area contributed by atoms with E-state index >= 15 is 0 Å². The summed E-state index contributed by atoms with van der Waals surface area (Å²) in [7, 11) is 0. The van der Waals surface area contributed by atoms with Crippen molar-refractivity contribution in [3.8, 4) is 16.9 Å². The van der Waals surface area contributed by atoms with E-state index in [-0.39, 0.29) is 0 Å². The maximum atomic E-state index is 12.7. The Hall–Kier alpha value is -2.28. The van der Waals surface area contributed by atoms with Crippen molar-refractivity contribution in [2.75, 3.05) is 11.9 Å². The van der Waals surface area contributed by atoms with Crippen molar-refractivity contribution in [1.82, 2.24) is 9.78 Å². The lowest BCUT2D eigenvalue weighted by Gasteiger charge is -2.09. The SMILES string of the molecule is FC(F)(F)c1ccc(-n2nc(-c3ccsc3)c3c2NCC3)cc1. The summed E-state index contributed by atoms with van der Waals surface area (Å²) < 4.78 is 39.8. The van der Waals surface area contributed by atoms with E-state index in [1.807, 2.05) is 16.8 Å². The van der Waals surface area contributed by atoms with Crippen LogP contribution >= 0.6 is 11.3 Å². The van der Waals surface area contributed by atoms with Crippen molar-refractivity contribution < 1.29 is 13.2 Å². The average molecular weight is 335 g/mol. The minimum Gasteiger partial charge on any atom is -0.369 e. The van der Waals surface area contributed by atoms with Gasteiger partial charge in [0.2, 0.25) is 0 Å². The zero-order valence-corrected chi connectivity index (χ0v) is 12.7. The molecule has 0 fully saturated rings. The Morgan fingerprint density at radius 2 is 1.91 bits per heavy atom. The van der Waals surface area contributed by atoms with Gasteiger partial charge in [-0.3, -0.25) is 0 Å². The molecule has 0 amide bonds. The van der Waals surface area contributed by atoms with E-state index in [4.69, 9.17) is 0 Å². The largest absolute Gasteiger partial charge is 0.416 e. The van der Waals surface area contributed by atoms with Gasteiger partial charge in [-0.05, 0) is 42.1 Å². The van der Waals surface area contributed by atoms with Crippen molar-refractivity contribution in [2.45, 2.75) is 12.6 Å². The molecule has 0 spiro atoms. The Morgan fingerprint density at radius 3 is 2.57 bits per heavy atom. The Kier molecular flexibility index (Phi) is 3.19. The van der Waals surface area contributed by atoms with Gasteiger partial charge in [0, 0.05) is 23.1 Å². The number of rotatable bonds is 2. The van der Waals surface area contributed by atoms with E-state index in [1.165, 1.54) is 12.1 Å². The number of thiophene rings is 1. The van der Waals surface area contributed by atoms with Gasteiger partial charge in [0.15, 0.2) is 0 Å². The molecule has 3 heterocycles. The second kappa shape index (κ2) is 5.13. The first-order chi connectivity index (χ1) is 11.0. The minimum atomic E-state index is -4.33. The van der Waals surface area contributed by atoms with Crippen molar-refractivity contribution in [3.05, 3.63) is 52.2 Å². The summed E-state index contributed by atoms with van der Waals surface area (Å²) in [5, 5.41) is 11.9. The number of anilines is 1. The molecule has 1 aromatic carbocycles. The molecular formula is C16H12F3N3S. The molecule has 3 nitrogen and oxygen atoms in total. The van der Waals surface area contributed by atoms with E-state index < -0.39 is 11.7 Å². The predicted molar refractivity (Wildman–Crippen MR) is 84.1 cm³/mol. The molecule has 0 unspecified atom stereocenters. The summed E-state index contributed by atoms with van der Waals surface area (Å²) >= 11 is 1.59. The average Bonchev–Trinajstić information content (AvgIpc) is 3.23. The van der Waals surface area contributed by atoms with Crippen LogP contribution in [0.1, 0.15) is 11.1 Å². The topological polar surface area (TPSA) is 29.9 Å². The minimum absolute atomic E-state index is 0.616. The third-order valence-corrected chi connectivity index (χ3v) is 4.57. The van der Waals surface area contributed by atoms with Crippen LogP contribution in [0.2, 0.25) is 0 Å². The third kappa shape index (κ3) is 2.41. The molecule has 0 saturated heterocycles. The van der Waals surface area contributed by atoms with E-state index in [0.717, 1.165) is 47.7 Å². The predicted octanol–water partition coefficient (Wildman–Crippen LogP) is 4.59. The molecule has 4 rings (SSSR count). The standard InChI is InChI=1S/C16H12F3N3S/c17-16(18,19)11-1-3-12(4-2-11)22-15-13(5-7-20-15)14(21-22)10-6-8-23-9-10/h1-4,6,8-9,20H,5,7H2. The van der Waals surface area contributed by atoms with Crippen LogP contribution in [0.15, 0.2) is 41.1 Å². The van der Waals surface area contributed by atoms with Crippen molar-refractivity contribution in [1.29, 1.82) is 0 Å². The zero-order valence-electron chi connectivity index (χ0n) is 11.9. The van der Waals surface area contributed by atoms with Gasteiger partial charge in [0.1, 0.15) is 5.82 Å². The highest BCUT2D eigenvalue weighted by Crippen LogP contribution is 2.36. The molecule has 0 aliphatic carbocycles. The fourth-order valence-corrected chi connectivity index (χ4v) is 3.42. The summed E-state index contributed by atoms with van der Waals surface area (Å²) in [5.41, 5.74) is 3.01. The Morgan fingerprint density at radius 1 is 1.13 bits per heavy atom. The number of hydrogen-bond donors (Lipinski definition) is 1. The second-order valence-electron chi connectivity index (χ2n) is 5.32. The van der Waals surface area contributed by atoms with Gasteiger partial charge < -0.3 is 5.32 Å². The Balaban J connectivity index is 1.80. The van der Waals surface area contributed by atoms with Crippen LogP contribution in [0.4, 0.5) is 19.0 Å². The number of hydrogen-bond acceptors (Lipinski definition) is 3. The number of benzene rings is 1. The second-order valence-corrected chi connectivity index (χ2v) is 6.10. The van der Waals surface area contributed by atoms with E-state index in [2.05, 4.69) is 10.4 Å². The summed E-state index contributed by atoms with van der Waals surface area (Å²) in [4.78, 5) is 0. The molecule has 23 heavy (non-hydrogen) atoms. The van der Waals surface area contributed by atoms with Gasteiger partial charge in [-0.25, -0.2) is 4.68 Å². The first kappa shape index (κ1) is 14.3. The summed E-state index contributed by atoms with van der Waals surface area (Å²) in [5.74, 6) is 0.867. The van der Waals surface area contributed by atoms with Gasteiger partial charge in [0.25, 0.3) is 0 Å². The van der Waals surface area contributed by atoms with Crippen molar-refractivity contribution >= 4 is 17.2 Å². The molecule has 1 N–H and O–H groups in total. The first-order valence-corrected chi connectivity index (χ1v) is 8.04. The number of nitrogens with zero attached hydrogens (tertiary/aromatic N) is 2. The zero-order chi connectivity index (χ0) is 16.0. The fourth-order valence-electron chi connectivity index (χ4n) is 2.78. The molecule has 118 valence electrons. The number of alkyl halides is 3. The highest BCUT2D eigenvalue weighted by molar-refractivity contribution is 7.08. The van der Waals surface area contributed by atoms with Crippen LogP contribution in [-0.2, 0) is 12.6 Å². The summed E-state index contributed by atoms with van der Waals surface area (Å²) in [6, 6.07) is 7.08. The number of aromatic nitrogens is 2. The Bertz CT molecular complexity index is 833. The monoisotopic (exact) mass is 335 g/mol. The van der Waals surface area contributed by atoms with Crippen LogP contribution in [0.5, 0.6) is 0 Å². The van der Waals surface area contributed by atoms with E-state index in [1.54, 1.807) is 16.0 Å². The Labute approximate surface area is 134 Å². The first-order valence-electron chi connectivity index (χ1n) is 7.10. The van der Waals surface area contributed by atoms with Crippen molar-refractivity contribution in [2.24, 2.45) is 0 Å². The summed E-state index contributed by atoms with van der Waals surface area (Å²) in [6.07, 6.45) is -3.47. The van der Waals surface area contributed by atoms with Gasteiger partial charge in [-0.15, -0.1) is 0 Å². The van der Waals surface area contributed by atoms with Gasteiger partial charge in [0.05, 0.1) is 16.9 Å². The van der Waals surface area contributed by atoms with E-state index in [9.17, 15) is 13.2 Å². The lowest BCUT2D eigenvalue weighted by molar-refractivity contribution is -0.137. The van der Waals surface area contributed by atoms with Gasteiger partial charge in [-0.1, -0.05) is 0 Å². The molecule has 0 bridgehead atoms. The molecule has 0 atom stereocenters. The lowest BCUT2D eigenvalue weighted by Crippen LogP contribution is -2.07. The summed E-state index contributed by atoms with van der Waals surface area (Å²) in [6.45, 7) is 0.810. The highest BCUT2D eigenvalue weighted by atomic mass is 32.1. The molecule has 1 aliphatic heterocycles. The number of halogens is 3. The van der Waals surface area contributed by atoms with Crippen LogP contribution < -0.4 is 5.32 Å². The molecule has 7 heteroatoms. The fraction of sp³-hybridized carbons (Fsp3) is 0.188. The lowest BCUT2D eigenvalue weighted by atomic mass is 10.1. The molecule has 2 aromatic heterocycles. The molecule has 1 aliphatic rings. The molecular weight excluding hydrogens is 323 g/mol. The molecule has 0 saturated carbocycles. The van der Waals surface area contributed by atoms with Gasteiger partial charge >= 0.3 is 6.18 Å². The van der Waals surface area contributed by atoms with E-state index in [0.29, 0.717) is 5.69 Å². The maximum absolute atomic E-state index is 12.7. The molecule has 0 radical (unpaired) electrons. The number of nitrogens with one attached hydrogen (secondary N) is 1. The van der Waals surface area contributed by atoms with Crippen LogP contribution in [0.25, 0.3) is 16.9 Å². The van der Waals surface area contributed by atoms with Crippen LogP contribution in [-0.4, -0.2) is 16.3 Å². The van der Waals surface area contributed by atoms with Crippen LogP contribution in [0, 0.1) is 0 Å². The normalized spacial score (nSPS) is 13.9. The quantitative estimate of drug-likeness (QED) is 0.742. The maximum Gasteiger partial charge on any atom is 0.416 e. The van der Waals surface area contributed by atoms with Crippen LogP contribution in [0.3, 0.4) is 0 Å².